The number of halogens is 1. The maximum Gasteiger partial charge on any atom is 0.331 e. The van der Waals surface area contributed by atoms with Crippen molar-refractivity contribution in [3.63, 3.8) is 0 Å². The monoisotopic (exact) mass is 356 g/mol. The molecule has 23 heavy (non-hydrogen) atoms. The molecular weight excluding hydrogens is 344 g/mol. The van der Waals surface area contributed by atoms with E-state index in [9.17, 15) is 18.5 Å². The van der Waals surface area contributed by atoms with Crippen LogP contribution in [0.15, 0.2) is 35.2 Å². The number of benzene rings is 2. The van der Waals surface area contributed by atoms with E-state index in [1.807, 2.05) is 13.0 Å². The third kappa shape index (κ3) is 3.44. The van der Waals surface area contributed by atoms with Gasteiger partial charge in [0.05, 0.1) is 4.92 Å². The van der Waals surface area contributed by atoms with Crippen molar-refractivity contribution in [3.8, 4) is 11.5 Å². The third-order valence-electron chi connectivity index (χ3n) is 3.31. The molecule has 9 heteroatoms. The lowest BCUT2D eigenvalue weighted by Gasteiger charge is -2.12. The lowest BCUT2D eigenvalue weighted by molar-refractivity contribution is -0.385. The van der Waals surface area contributed by atoms with Gasteiger partial charge in [-0.3, -0.25) is 10.1 Å². The van der Waals surface area contributed by atoms with E-state index in [0.29, 0.717) is 5.75 Å². The van der Waals surface area contributed by atoms with Gasteiger partial charge in [0.2, 0.25) is 15.8 Å². The van der Waals surface area contributed by atoms with E-state index >= 15 is 0 Å². The molecule has 0 spiro atoms. The molecule has 0 bridgehead atoms. The minimum absolute atomic E-state index is 0.166. The molecule has 0 radical (unpaired) electrons. The van der Waals surface area contributed by atoms with E-state index in [0.717, 1.165) is 23.3 Å². The Morgan fingerprint density at radius 1 is 1.17 bits per heavy atom. The van der Waals surface area contributed by atoms with Crippen LogP contribution in [0.3, 0.4) is 0 Å². The van der Waals surface area contributed by atoms with Gasteiger partial charge in [0, 0.05) is 0 Å². The quantitative estimate of drug-likeness (QED) is 0.667. The highest BCUT2D eigenvalue weighted by Crippen LogP contribution is 2.41. The number of nitro groups is 1. The summed E-state index contributed by atoms with van der Waals surface area (Å²) in [6.45, 7) is 3.67. The van der Waals surface area contributed by atoms with Crippen molar-refractivity contribution in [2.24, 2.45) is 5.14 Å². The Hall–Kier alpha value is -2.16. The van der Waals surface area contributed by atoms with Gasteiger partial charge in [0.1, 0.15) is 15.7 Å². The zero-order chi connectivity index (χ0) is 17.4. The van der Waals surface area contributed by atoms with Gasteiger partial charge in [-0.1, -0.05) is 23.7 Å². The number of primary sulfonamides is 1. The summed E-state index contributed by atoms with van der Waals surface area (Å²) in [7, 11) is -4.19. The van der Waals surface area contributed by atoms with Crippen molar-refractivity contribution < 1.29 is 18.1 Å². The van der Waals surface area contributed by atoms with Gasteiger partial charge in [0.25, 0.3) is 0 Å². The molecule has 2 aromatic carbocycles. The van der Waals surface area contributed by atoms with Gasteiger partial charge in [-0.15, -0.1) is 0 Å². The van der Waals surface area contributed by atoms with E-state index < -0.39 is 30.6 Å². The smallest absolute Gasteiger partial charge is 0.331 e. The lowest BCUT2D eigenvalue weighted by Crippen LogP contribution is -2.13. The minimum atomic E-state index is -4.19. The van der Waals surface area contributed by atoms with Crippen LogP contribution in [0.1, 0.15) is 11.1 Å². The van der Waals surface area contributed by atoms with Gasteiger partial charge in [-0.2, -0.15) is 0 Å². The molecule has 2 N–H and O–H groups in total. The number of aryl methyl sites for hydroxylation is 1. The second-order valence-corrected chi connectivity index (χ2v) is 6.73. The molecule has 0 saturated carbocycles. The Kier molecular flexibility index (Phi) is 4.60. The summed E-state index contributed by atoms with van der Waals surface area (Å²) in [6, 6.07) is 7.49. The average Bonchev–Trinajstić information content (AvgIpc) is 2.42. The summed E-state index contributed by atoms with van der Waals surface area (Å²) in [4.78, 5) is 9.93. The number of hydrogen-bond donors (Lipinski definition) is 1. The van der Waals surface area contributed by atoms with Crippen LogP contribution >= 0.6 is 11.6 Å². The topological polar surface area (TPSA) is 113 Å². The van der Waals surface area contributed by atoms with E-state index in [1.165, 1.54) is 0 Å². The maximum absolute atomic E-state index is 11.4. The Balaban J connectivity index is 2.62. The van der Waals surface area contributed by atoms with E-state index in [-0.39, 0.29) is 5.75 Å². The van der Waals surface area contributed by atoms with Crippen LogP contribution in [-0.2, 0) is 10.0 Å². The fourth-order valence-electron chi connectivity index (χ4n) is 1.95. The number of nitro benzene ring substituents is 1. The molecule has 0 amide bonds. The standard InChI is InChI=1S/C14H13ClN2O5S/c1-8-4-3-5-10(9(8)2)22-11-6-7-12(23(16,20)21)13(15)14(11)17(18)19/h3-7H,1-2H3,(H2,16,20,21). The SMILES string of the molecule is Cc1cccc(Oc2ccc(S(N)(=O)=O)c(Cl)c2[N+](=O)[O-])c1C. The molecule has 0 aliphatic rings. The van der Waals surface area contributed by atoms with Crippen molar-refractivity contribution in [2.75, 3.05) is 0 Å². The highest BCUT2D eigenvalue weighted by molar-refractivity contribution is 7.89. The van der Waals surface area contributed by atoms with Crippen LogP contribution in [-0.4, -0.2) is 13.3 Å². The lowest BCUT2D eigenvalue weighted by atomic mass is 10.1. The fraction of sp³-hybridized carbons (Fsp3) is 0.143. The molecule has 7 nitrogen and oxygen atoms in total. The van der Waals surface area contributed by atoms with Gasteiger partial charge >= 0.3 is 5.69 Å². The van der Waals surface area contributed by atoms with Crippen LogP contribution in [0.5, 0.6) is 11.5 Å². The molecule has 122 valence electrons. The summed E-state index contributed by atoms with van der Waals surface area (Å²) in [5, 5.41) is 15.7. The molecule has 2 rings (SSSR count). The van der Waals surface area contributed by atoms with Crippen molar-refractivity contribution in [2.45, 2.75) is 18.7 Å². The zero-order valence-electron chi connectivity index (χ0n) is 12.2. The normalized spacial score (nSPS) is 11.3. The van der Waals surface area contributed by atoms with Gasteiger partial charge in [-0.05, 0) is 43.2 Å². The number of sulfonamides is 1. The van der Waals surface area contributed by atoms with Crippen LogP contribution in [0.4, 0.5) is 5.69 Å². The summed E-state index contributed by atoms with van der Waals surface area (Å²) in [5.74, 6) is 0.244. The molecule has 0 aromatic heterocycles. The Morgan fingerprint density at radius 3 is 2.39 bits per heavy atom. The Bertz CT molecular complexity index is 896. The minimum Gasteiger partial charge on any atom is -0.450 e. The van der Waals surface area contributed by atoms with Crippen molar-refractivity contribution in [1.82, 2.24) is 0 Å². The van der Waals surface area contributed by atoms with Gasteiger partial charge < -0.3 is 4.74 Å². The van der Waals surface area contributed by atoms with Crippen molar-refractivity contribution in [1.29, 1.82) is 0 Å². The van der Waals surface area contributed by atoms with Crippen molar-refractivity contribution >= 4 is 27.3 Å². The molecular formula is C14H13ClN2O5S. The van der Waals surface area contributed by atoms with Gasteiger partial charge in [0.15, 0.2) is 0 Å². The molecule has 0 aliphatic heterocycles. The molecule has 0 aliphatic carbocycles. The summed E-state index contributed by atoms with van der Waals surface area (Å²) in [6.07, 6.45) is 0. The van der Waals surface area contributed by atoms with Crippen molar-refractivity contribution in [3.05, 3.63) is 56.6 Å². The maximum atomic E-state index is 11.4. The highest BCUT2D eigenvalue weighted by atomic mass is 35.5. The summed E-state index contributed by atoms with van der Waals surface area (Å²) >= 11 is 5.85. The van der Waals surface area contributed by atoms with Gasteiger partial charge in [-0.25, -0.2) is 13.6 Å². The predicted molar refractivity (Wildman–Crippen MR) is 85.5 cm³/mol. The summed E-state index contributed by atoms with van der Waals surface area (Å²) < 4.78 is 28.4. The van der Waals surface area contributed by atoms with E-state index in [4.69, 9.17) is 21.5 Å². The molecule has 0 atom stereocenters. The molecule has 0 saturated heterocycles. The number of hydrogen-bond acceptors (Lipinski definition) is 5. The predicted octanol–water partition coefficient (Wildman–Crippen LogP) is 3.30. The van der Waals surface area contributed by atoms with Crippen LogP contribution in [0.2, 0.25) is 5.02 Å². The molecule has 0 fully saturated rings. The number of rotatable bonds is 4. The fourth-order valence-corrected chi connectivity index (χ4v) is 3.11. The second-order valence-electron chi connectivity index (χ2n) is 4.83. The van der Waals surface area contributed by atoms with E-state index in [1.54, 1.807) is 19.1 Å². The molecule has 0 unspecified atom stereocenters. The largest absolute Gasteiger partial charge is 0.450 e. The first kappa shape index (κ1) is 17.2. The third-order valence-corrected chi connectivity index (χ3v) is 4.76. The second kappa shape index (κ2) is 6.15. The number of nitrogens with two attached hydrogens (primary N) is 1. The van der Waals surface area contributed by atoms with Crippen LogP contribution < -0.4 is 9.88 Å². The van der Waals surface area contributed by atoms with Crippen LogP contribution in [0.25, 0.3) is 0 Å². The molecule has 0 heterocycles. The number of ether oxygens (including phenoxy) is 1. The average molecular weight is 357 g/mol. The Morgan fingerprint density at radius 2 is 1.83 bits per heavy atom. The van der Waals surface area contributed by atoms with E-state index in [2.05, 4.69) is 0 Å². The zero-order valence-corrected chi connectivity index (χ0v) is 13.8. The highest BCUT2D eigenvalue weighted by Gasteiger charge is 2.28. The first-order valence-electron chi connectivity index (χ1n) is 6.36. The Labute approximate surface area is 137 Å². The van der Waals surface area contributed by atoms with Crippen LogP contribution in [0, 0.1) is 24.0 Å². The first-order valence-corrected chi connectivity index (χ1v) is 8.29. The first-order chi connectivity index (χ1) is 10.6. The number of nitrogens with zero attached hydrogens (tertiary/aromatic N) is 1. The molecule has 2 aromatic rings. The summed E-state index contributed by atoms with van der Waals surface area (Å²) in [5.41, 5.74) is 1.09.